The molecule has 0 unspecified atom stereocenters. The second-order valence-electron chi connectivity index (χ2n) is 4.67. The van der Waals surface area contributed by atoms with Crippen molar-refractivity contribution in [3.8, 4) is 0 Å². The van der Waals surface area contributed by atoms with E-state index in [0.717, 1.165) is 11.3 Å². The number of hydrogen-bond acceptors (Lipinski definition) is 3. The zero-order chi connectivity index (χ0) is 14.5. The lowest BCUT2D eigenvalue weighted by atomic mass is 10.2. The number of anilines is 1. The molecule has 104 valence electrons. The van der Waals surface area contributed by atoms with Crippen molar-refractivity contribution in [2.75, 3.05) is 19.0 Å². The van der Waals surface area contributed by atoms with Gasteiger partial charge >= 0.3 is 0 Å². The molecule has 2 N–H and O–H groups in total. The first-order valence-corrected chi connectivity index (χ1v) is 6.29. The Hall–Kier alpha value is -2.56. The minimum Gasteiger partial charge on any atom is -0.378 e. The van der Waals surface area contributed by atoms with Crippen LogP contribution in [0.15, 0.2) is 47.5 Å². The molecule has 0 saturated carbocycles. The maximum atomic E-state index is 11.9. The van der Waals surface area contributed by atoms with Gasteiger partial charge in [-0.2, -0.15) is 0 Å². The summed E-state index contributed by atoms with van der Waals surface area (Å²) in [6.45, 7) is 0.390. The first-order valence-electron chi connectivity index (χ1n) is 6.29. The number of hydrogen-bond donors (Lipinski definition) is 2. The lowest BCUT2D eigenvalue weighted by molar-refractivity contribution is 0.0949. The van der Waals surface area contributed by atoms with Crippen LogP contribution in [0.3, 0.4) is 0 Å². The van der Waals surface area contributed by atoms with Gasteiger partial charge in [-0.15, -0.1) is 0 Å². The summed E-state index contributed by atoms with van der Waals surface area (Å²) in [6, 6.07) is 9.20. The standard InChI is InChI=1S/C15H17N3O2/c1-18(2)12-5-3-11(4-6-12)9-17-15(20)13-10-16-8-7-14(13)19/h3-8,10H,9H2,1-2H3,(H,16,19)(H,17,20). The fraction of sp³-hybridized carbons (Fsp3) is 0.200. The molecule has 1 heterocycles. The van der Waals surface area contributed by atoms with E-state index in [1.165, 1.54) is 18.5 Å². The lowest BCUT2D eigenvalue weighted by Gasteiger charge is -2.12. The predicted octanol–water partition coefficient (Wildman–Crippen LogP) is 1.37. The molecule has 0 aliphatic rings. The summed E-state index contributed by atoms with van der Waals surface area (Å²) >= 11 is 0. The van der Waals surface area contributed by atoms with Crippen LogP contribution in [0.4, 0.5) is 5.69 Å². The molecule has 0 radical (unpaired) electrons. The quantitative estimate of drug-likeness (QED) is 0.882. The molecule has 0 aliphatic heterocycles. The number of aromatic amines is 1. The first-order chi connectivity index (χ1) is 9.58. The third-order valence-electron chi connectivity index (χ3n) is 2.97. The van der Waals surface area contributed by atoms with Crippen LogP contribution in [0, 0.1) is 0 Å². The number of nitrogens with one attached hydrogen (secondary N) is 2. The van der Waals surface area contributed by atoms with Crippen molar-refractivity contribution >= 4 is 11.6 Å². The number of H-pyrrole nitrogens is 1. The van der Waals surface area contributed by atoms with Crippen molar-refractivity contribution < 1.29 is 4.79 Å². The largest absolute Gasteiger partial charge is 0.378 e. The highest BCUT2D eigenvalue weighted by Crippen LogP contribution is 2.11. The molecule has 20 heavy (non-hydrogen) atoms. The van der Waals surface area contributed by atoms with Crippen molar-refractivity contribution in [3.05, 3.63) is 64.1 Å². The smallest absolute Gasteiger partial charge is 0.257 e. The molecule has 1 amide bonds. The van der Waals surface area contributed by atoms with Gasteiger partial charge in [0.1, 0.15) is 5.56 Å². The predicted molar refractivity (Wildman–Crippen MR) is 79.0 cm³/mol. The van der Waals surface area contributed by atoms with Gasteiger partial charge in [0.05, 0.1) is 0 Å². The molecular formula is C15H17N3O2. The van der Waals surface area contributed by atoms with Crippen molar-refractivity contribution in [2.24, 2.45) is 0 Å². The maximum absolute atomic E-state index is 11.9. The summed E-state index contributed by atoms with van der Waals surface area (Å²) in [5.74, 6) is -0.372. The van der Waals surface area contributed by atoms with E-state index >= 15 is 0 Å². The Labute approximate surface area is 117 Å². The van der Waals surface area contributed by atoms with E-state index in [2.05, 4.69) is 10.3 Å². The third kappa shape index (κ3) is 3.26. The van der Waals surface area contributed by atoms with Crippen molar-refractivity contribution in [1.29, 1.82) is 0 Å². The molecular weight excluding hydrogens is 254 g/mol. The van der Waals surface area contributed by atoms with Gasteiger partial charge in [-0.1, -0.05) is 12.1 Å². The van der Waals surface area contributed by atoms with Gasteiger partial charge < -0.3 is 15.2 Å². The second-order valence-corrected chi connectivity index (χ2v) is 4.67. The zero-order valence-electron chi connectivity index (χ0n) is 11.5. The molecule has 5 nitrogen and oxygen atoms in total. The van der Waals surface area contributed by atoms with Crippen LogP contribution < -0.4 is 15.6 Å². The Balaban J connectivity index is 2.00. The highest BCUT2D eigenvalue weighted by molar-refractivity contribution is 5.93. The Morgan fingerprint density at radius 2 is 1.90 bits per heavy atom. The molecule has 0 spiro atoms. The van der Waals surface area contributed by atoms with Crippen molar-refractivity contribution in [2.45, 2.75) is 6.54 Å². The van der Waals surface area contributed by atoms with Crippen molar-refractivity contribution in [3.63, 3.8) is 0 Å². The molecule has 0 saturated heterocycles. The Morgan fingerprint density at radius 1 is 1.20 bits per heavy atom. The highest BCUT2D eigenvalue weighted by atomic mass is 16.2. The number of carbonyl (C=O) groups excluding carboxylic acids is 1. The van der Waals surface area contributed by atoms with E-state index in [-0.39, 0.29) is 16.9 Å². The number of pyridine rings is 1. The molecule has 5 heteroatoms. The van der Waals surface area contributed by atoms with E-state index in [9.17, 15) is 9.59 Å². The summed E-state index contributed by atoms with van der Waals surface area (Å²) < 4.78 is 0. The van der Waals surface area contributed by atoms with Crippen LogP contribution in [0.2, 0.25) is 0 Å². The van der Waals surface area contributed by atoms with E-state index < -0.39 is 0 Å². The van der Waals surface area contributed by atoms with Crippen LogP contribution in [0.1, 0.15) is 15.9 Å². The van der Waals surface area contributed by atoms with Gasteiger partial charge in [0.25, 0.3) is 5.91 Å². The summed E-state index contributed by atoms with van der Waals surface area (Å²) in [6.07, 6.45) is 2.91. The highest BCUT2D eigenvalue weighted by Gasteiger charge is 2.08. The van der Waals surface area contributed by atoms with E-state index in [4.69, 9.17) is 0 Å². The molecule has 1 aromatic carbocycles. The first kappa shape index (κ1) is 13.9. The van der Waals surface area contributed by atoms with Crippen LogP contribution in [0.25, 0.3) is 0 Å². The van der Waals surface area contributed by atoms with Gasteiger partial charge in [0, 0.05) is 44.8 Å². The summed E-state index contributed by atoms with van der Waals surface area (Å²) in [5, 5.41) is 2.73. The summed E-state index contributed by atoms with van der Waals surface area (Å²) in [7, 11) is 3.94. The number of benzene rings is 1. The minimum atomic E-state index is -0.372. The van der Waals surface area contributed by atoms with Crippen LogP contribution in [-0.4, -0.2) is 25.0 Å². The van der Waals surface area contributed by atoms with Crippen LogP contribution in [0.5, 0.6) is 0 Å². The maximum Gasteiger partial charge on any atom is 0.257 e. The van der Waals surface area contributed by atoms with Gasteiger partial charge in [-0.3, -0.25) is 9.59 Å². The average molecular weight is 271 g/mol. The topological polar surface area (TPSA) is 65.2 Å². The number of carbonyl (C=O) groups is 1. The lowest BCUT2D eigenvalue weighted by Crippen LogP contribution is -2.27. The fourth-order valence-electron chi connectivity index (χ4n) is 1.78. The average Bonchev–Trinajstić information content (AvgIpc) is 2.45. The molecule has 2 aromatic rings. The summed E-state index contributed by atoms with van der Waals surface area (Å²) in [5.41, 5.74) is 1.91. The van der Waals surface area contributed by atoms with Gasteiger partial charge in [0.2, 0.25) is 0 Å². The fourth-order valence-corrected chi connectivity index (χ4v) is 1.78. The Morgan fingerprint density at radius 3 is 2.50 bits per heavy atom. The van der Waals surface area contributed by atoms with Gasteiger partial charge in [-0.05, 0) is 17.7 Å². The van der Waals surface area contributed by atoms with Crippen LogP contribution >= 0.6 is 0 Å². The van der Waals surface area contributed by atoms with Gasteiger partial charge in [0.15, 0.2) is 5.43 Å². The molecule has 0 fully saturated rings. The third-order valence-corrected chi connectivity index (χ3v) is 2.97. The number of aromatic nitrogens is 1. The molecule has 2 rings (SSSR count). The zero-order valence-corrected chi connectivity index (χ0v) is 11.5. The number of nitrogens with zero attached hydrogens (tertiary/aromatic N) is 1. The van der Waals surface area contributed by atoms with E-state index in [1.54, 1.807) is 0 Å². The summed E-state index contributed by atoms with van der Waals surface area (Å²) in [4.78, 5) is 28.1. The molecule has 1 aromatic heterocycles. The second kappa shape index (κ2) is 6.06. The normalized spacial score (nSPS) is 10.1. The van der Waals surface area contributed by atoms with Gasteiger partial charge in [-0.25, -0.2) is 0 Å². The monoisotopic (exact) mass is 271 g/mol. The van der Waals surface area contributed by atoms with E-state index in [0.29, 0.717) is 6.54 Å². The van der Waals surface area contributed by atoms with Crippen LogP contribution in [-0.2, 0) is 6.54 Å². The SMILES string of the molecule is CN(C)c1ccc(CNC(=O)c2c[nH]ccc2=O)cc1. The molecule has 0 atom stereocenters. The van der Waals surface area contributed by atoms with E-state index in [1.807, 2.05) is 43.3 Å². The molecule has 0 bridgehead atoms. The Kier molecular flexibility index (Phi) is 4.20. The van der Waals surface area contributed by atoms with Crippen molar-refractivity contribution in [1.82, 2.24) is 10.3 Å². The minimum absolute atomic E-state index is 0.123. The Bertz CT molecular complexity index is 645. The molecule has 0 aliphatic carbocycles. The number of amides is 1. The number of rotatable bonds is 4.